The van der Waals surface area contributed by atoms with Gasteiger partial charge in [0.1, 0.15) is 5.82 Å². The van der Waals surface area contributed by atoms with Crippen LogP contribution in [0.1, 0.15) is 5.56 Å². The number of rotatable bonds is 3. The Morgan fingerprint density at radius 2 is 1.92 bits per heavy atom. The molecule has 0 amide bonds. The number of nitrogens with zero attached hydrogens (tertiary/aromatic N) is 2. The fourth-order valence-electron chi connectivity index (χ4n) is 2.88. The number of fused-ring (bicyclic) bond motifs is 1. The number of hydrogen-bond donors (Lipinski definition) is 2. The molecule has 0 atom stereocenters. The van der Waals surface area contributed by atoms with E-state index in [0.29, 0.717) is 12.4 Å². The molecule has 0 saturated carbocycles. The van der Waals surface area contributed by atoms with E-state index in [4.69, 9.17) is 17.3 Å². The fourth-order valence-corrected chi connectivity index (χ4v) is 3.08. The van der Waals surface area contributed by atoms with Gasteiger partial charge in [-0.15, -0.1) is 0 Å². The number of aromatic nitrogens is 3. The highest BCUT2D eigenvalue weighted by atomic mass is 35.5. The van der Waals surface area contributed by atoms with Crippen LogP contribution in [0, 0.1) is 5.82 Å². The van der Waals surface area contributed by atoms with Gasteiger partial charge in [-0.2, -0.15) is 5.10 Å². The van der Waals surface area contributed by atoms with Gasteiger partial charge in [0.25, 0.3) is 5.56 Å². The van der Waals surface area contributed by atoms with Gasteiger partial charge in [-0.05, 0) is 47.0 Å². The summed E-state index contributed by atoms with van der Waals surface area (Å²) in [6.07, 6.45) is 1.76. The van der Waals surface area contributed by atoms with Gasteiger partial charge in [0.05, 0.1) is 17.1 Å². The first-order valence-corrected chi connectivity index (χ1v) is 8.27. The minimum absolute atomic E-state index is 0.0361. The molecule has 0 radical (unpaired) electrons. The summed E-state index contributed by atoms with van der Waals surface area (Å²) in [6.45, 7) is 0.298. The summed E-state index contributed by atoms with van der Waals surface area (Å²) in [4.78, 5) is 12.2. The summed E-state index contributed by atoms with van der Waals surface area (Å²) < 4.78 is 14.9. The van der Waals surface area contributed by atoms with Crippen LogP contribution in [0.4, 0.5) is 10.2 Å². The molecule has 0 bridgehead atoms. The maximum atomic E-state index is 13.3. The van der Waals surface area contributed by atoms with Gasteiger partial charge in [0, 0.05) is 17.6 Å². The van der Waals surface area contributed by atoms with Crippen LogP contribution in [-0.4, -0.2) is 14.8 Å². The molecule has 0 aliphatic carbocycles. The molecule has 4 rings (SSSR count). The van der Waals surface area contributed by atoms with Gasteiger partial charge in [-0.3, -0.25) is 9.89 Å². The molecule has 3 N–H and O–H groups in total. The third-order valence-corrected chi connectivity index (χ3v) is 4.54. The van der Waals surface area contributed by atoms with Gasteiger partial charge in [-0.1, -0.05) is 23.7 Å². The van der Waals surface area contributed by atoms with Crippen molar-refractivity contribution in [1.82, 2.24) is 14.8 Å². The summed E-state index contributed by atoms with van der Waals surface area (Å²) >= 11 is 5.82. The number of benzene rings is 2. The monoisotopic (exact) mass is 368 g/mol. The molecule has 0 unspecified atom stereocenters. The number of pyridine rings is 1. The van der Waals surface area contributed by atoms with E-state index in [9.17, 15) is 9.18 Å². The number of halogens is 2. The van der Waals surface area contributed by atoms with Gasteiger partial charge in [-0.25, -0.2) is 4.39 Å². The van der Waals surface area contributed by atoms with E-state index in [1.165, 1.54) is 18.2 Å². The van der Waals surface area contributed by atoms with Crippen LogP contribution in [0.25, 0.3) is 22.0 Å². The highest BCUT2D eigenvalue weighted by Crippen LogP contribution is 2.25. The lowest BCUT2D eigenvalue weighted by Gasteiger charge is -2.09. The Kier molecular flexibility index (Phi) is 3.97. The molecule has 0 aliphatic heterocycles. The smallest absolute Gasteiger partial charge is 0.250 e. The molecule has 0 aliphatic rings. The van der Waals surface area contributed by atoms with E-state index in [1.54, 1.807) is 22.9 Å². The predicted octanol–water partition coefficient (Wildman–Crippen LogP) is 3.81. The van der Waals surface area contributed by atoms with Gasteiger partial charge in [0.2, 0.25) is 0 Å². The minimum Gasteiger partial charge on any atom is -0.382 e. The molecule has 5 nitrogen and oxygen atoms in total. The minimum atomic E-state index is -0.483. The summed E-state index contributed by atoms with van der Waals surface area (Å²) in [6, 6.07) is 13.4. The number of H-pyrrole nitrogens is 1. The Balaban J connectivity index is 1.72. The third kappa shape index (κ3) is 2.95. The van der Waals surface area contributed by atoms with E-state index in [2.05, 4.69) is 10.2 Å². The van der Waals surface area contributed by atoms with Crippen molar-refractivity contribution in [2.45, 2.75) is 6.54 Å². The Hall–Kier alpha value is -3.12. The summed E-state index contributed by atoms with van der Waals surface area (Å²) in [5.41, 5.74) is 9.00. The topological polar surface area (TPSA) is 76.7 Å². The second kappa shape index (κ2) is 6.31. The van der Waals surface area contributed by atoms with Crippen molar-refractivity contribution in [1.29, 1.82) is 0 Å². The molecule has 130 valence electrons. The Morgan fingerprint density at radius 1 is 1.12 bits per heavy atom. The standard InChI is InChI=1S/C19H14ClFN4O/c20-15-7-11(1-5-16(15)21)9-25-10-13(3-6-18(25)26)12-2-4-14-17(8-12)23-24-19(14)22/h1-8,10H,9H2,(H3,22,23,24). The van der Waals surface area contributed by atoms with Crippen LogP contribution >= 0.6 is 11.6 Å². The molecule has 2 heterocycles. The first-order chi connectivity index (χ1) is 12.5. The van der Waals surface area contributed by atoms with Gasteiger partial charge >= 0.3 is 0 Å². The molecule has 4 aromatic rings. The van der Waals surface area contributed by atoms with Crippen molar-refractivity contribution < 1.29 is 4.39 Å². The molecule has 0 fully saturated rings. The quantitative estimate of drug-likeness (QED) is 0.577. The fraction of sp³-hybridized carbons (Fsp3) is 0.0526. The Labute approximate surface area is 152 Å². The van der Waals surface area contributed by atoms with Crippen molar-refractivity contribution in [3.63, 3.8) is 0 Å². The van der Waals surface area contributed by atoms with E-state index < -0.39 is 5.82 Å². The highest BCUT2D eigenvalue weighted by molar-refractivity contribution is 6.30. The van der Waals surface area contributed by atoms with Crippen LogP contribution < -0.4 is 11.3 Å². The van der Waals surface area contributed by atoms with E-state index in [1.807, 2.05) is 18.2 Å². The van der Waals surface area contributed by atoms with Crippen molar-refractivity contribution in [3.8, 4) is 11.1 Å². The normalized spacial score (nSPS) is 11.2. The van der Waals surface area contributed by atoms with Crippen molar-refractivity contribution >= 4 is 28.3 Å². The lowest BCUT2D eigenvalue weighted by Crippen LogP contribution is -2.19. The van der Waals surface area contributed by atoms with E-state index in [0.717, 1.165) is 27.6 Å². The lowest BCUT2D eigenvalue weighted by molar-refractivity contribution is 0.626. The molecule has 2 aromatic carbocycles. The molecule has 2 aromatic heterocycles. The third-order valence-electron chi connectivity index (χ3n) is 4.25. The number of anilines is 1. The number of nitrogens with one attached hydrogen (secondary N) is 1. The molecular weight excluding hydrogens is 355 g/mol. The molecule has 7 heteroatoms. The Bertz CT molecular complexity index is 1180. The molecule has 0 saturated heterocycles. The zero-order valence-electron chi connectivity index (χ0n) is 13.5. The summed E-state index contributed by atoms with van der Waals surface area (Å²) in [5, 5.41) is 7.76. The lowest BCUT2D eigenvalue weighted by atomic mass is 10.1. The van der Waals surface area contributed by atoms with E-state index >= 15 is 0 Å². The maximum absolute atomic E-state index is 13.3. The molecule has 26 heavy (non-hydrogen) atoms. The van der Waals surface area contributed by atoms with Crippen LogP contribution in [0.3, 0.4) is 0 Å². The van der Waals surface area contributed by atoms with Crippen molar-refractivity contribution in [2.24, 2.45) is 0 Å². The van der Waals surface area contributed by atoms with E-state index in [-0.39, 0.29) is 10.6 Å². The Morgan fingerprint density at radius 3 is 2.73 bits per heavy atom. The summed E-state index contributed by atoms with van der Waals surface area (Å²) in [5.74, 6) is -0.0339. The molecular formula is C19H14ClFN4O. The van der Waals surface area contributed by atoms with Crippen LogP contribution in [0.2, 0.25) is 5.02 Å². The van der Waals surface area contributed by atoms with Gasteiger partial charge in [0.15, 0.2) is 5.82 Å². The van der Waals surface area contributed by atoms with Crippen LogP contribution in [-0.2, 0) is 6.54 Å². The average Bonchev–Trinajstić information content (AvgIpc) is 3.00. The average molecular weight is 369 g/mol. The number of nitrogens with two attached hydrogens (primary N) is 1. The number of aromatic amines is 1. The van der Waals surface area contributed by atoms with Crippen molar-refractivity contribution in [2.75, 3.05) is 5.73 Å². The van der Waals surface area contributed by atoms with Gasteiger partial charge < -0.3 is 10.3 Å². The number of hydrogen-bond acceptors (Lipinski definition) is 3. The first-order valence-electron chi connectivity index (χ1n) is 7.89. The first kappa shape index (κ1) is 16.4. The summed E-state index contributed by atoms with van der Waals surface area (Å²) in [7, 11) is 0. The zero-order chi connectivity index (χ0) is 18.3. The largest absolute Gasteiger partial charge is 0.382 e. The second-order valence-electron chi connectivity index (χ2n) is 6.00. The zero-order valence-corrected chi connectivity index (χ0v) is 14.3. The molecule has 0 spiro atoms. The highest BCUT2D eigenvalue weighted by Gasteiger charge is 2.07. The van der Waals surface area contributed by atoms with Crippen LogP contribution in [0.15, 0.2) is 59.5 Å². The predicted molar refractivity (Wildman–Crippen MR) is 101 cm³/mol. The van der Waals surface area contributed by atoms with Crippen LogP contribution in [0.5, 0.6) is 0 Å². The van der Waals surface area contributed by atoms with Crippen molar-refractivity contribution in [3.05, 3.63) is 81.5 Å². The second-order valence-corrected chi connectivity index (χ2v) is 6.41. The maximum Gasteiger partial charge on any atom is 0.250 e. The SMILES string of the molecule is Nc1n[nH]c2cc(-c3ccc(=O)n(Cc4ccc(F)c(Cl)c4)c3)ccc12. The number of nitrogen functional groups attached to an aromatic ring is 1.